The van der Waals surface area contributed by atoms with E-state index in [1.165, 1.54) is 19.3 Å². The van der Waals surface area contributed by atoms with E-state index in [9.17, 15) is 13.2 Å². The standard InChI is InChI=1S/C13H16F3N/c14-11-6-9(7-12(15)13(11)16)8-17-10-4-2-1-3-5-10/h6-7,10,17H,1-5,8H2. The minimum atomic E-state index is -1.40. The van der Waals surface area contributed by atoms with E-state index in [2.05, 4.69) is 5.32 Å². The van der Waals surface area contributed by atoms with Crippen LogP contribution in [0.25, 0.3) is 0 Å². The van der Waals surface area contributed by atoms with Crippen LogP contribution in [-0.2, 0) is 6.54 Å². The Morgan fingerprint density at radius 2 is 1.59 bits per heavy atom. The highest BCUT2D eigenvalue weighted by Crippen LogP contribution is 2.18. The van der Waals surface area contributed by atoms with E-state index in [4.69, 9.17) is 0 Å². The lowest BCUT2D eigenvalue weighted by Gasteiger charge is -2.22. The van der Waals surface area contributed by atoms with Crippen molar-refractivity contribution in [1.29, 1.82) is 0 Å². The van der Waals surface area contributed by atoms with Gasteiger partial charge in [-0.3, -0.25) is 0 Å². The van der Waals surface area contributed by atoms with Crippen molar-refractivity contribution in [3.05, 3.63) is 35.1 Å². The maximum atomic E-state index is 13.0. The highest BCUT2D eigenvalue weighted by molar-refractivity contribution is 5.19. The zero-order valence-corrected chi connectivity index (χ0v) is 9.61. The highest BCUT2D eigenvalue weighted by atomic mass is 19.2. The van der Waals surface area contributed by atoms with Crippen molar-refractivity contribution in [1.82, 2.24) is 5.32 Å². The van der Waals surface area contributed by atoms with Crippen molar-refractivity contribution < 1.29 is 13.2 Å². The van der Waals surface area contributed by atoms with E-state index in [0.717, 1.165) is 25.0 Å². The molecule has 0 atom stereocenters. The Morgan fingerprint density at radius 1 is 1.00 bits per heavy atom. The molecule has 0 amide bonds. The van der Waals surface area contributed by atoms with Gasteiger partial charge in [0, 0.05) is 12.6 Å². The van der Waals surface area contributed by atoms with Crippen molar-refractivity contribution >= 4 is 0 Å². The molecule has 0 radical (unpaired) electrons. The highest BCUT2D eigenvalue weighted by Gasteiger charge is 2.14. The average molecular weight is 243 g/mol. The molecular weight excluding hydrogens is 227 g/mol. The minimum absolute atomic E-state index is 0.388. The molecule has 1 aliphatic rings. The van der Waals surface area contributed by atoms with Gasteiger partial charge in [-0.25, -0.2) is 13.2 Å². The summed E-state index contributed by atoms with van der Waals surface area (Å²) < 4.78 is 38.7. The predicted molar refractivity (Wildman–Crippen MR) is 60.0 cm³/mol. The minimum Gasteiger partial charge on any atom is -0.310 e. The second kappa shape index (κ2) is 5.54. The third-order valence-electron chi connectivity index (χ3n) is 3.24. The van der Waals surface area contributed by atoms with E-state index in [-0.39, 0.29) is 0 Å². The lowest BCUT2D eigenvalue weighted by atomic mass is 9.95. The molecule has 0 aliphatic heterocycles. The summed E-state index contributed by atoms with van der Waals surface area (Å²) in [5.41, 5.74) is 0.451. The second-order valence-electron chi connectivity index (χ2n) is 4.59. The Morgan fingerprint density at radius 3 is 2.18 bits per heavy atom. The molecule has 0 bridgehead atoms. The zero-order valence-electron chi connectivity index (χ0n) is 9.61. The third kappa shape index (κ3) is 3.22. The summed E-state index contributed by atoms with van der Waals surface area (Å²) in [6, 6.07) is 2.52. The van der Waals surface area contributed by atoms with Gasteiger partial charge in [-0.05, 0) is 30.5 Å². The Balaban J connectivity index is 1.94. The van der Waals surface area contributed by atoms with Crippen molar-refractivity contribution in [2.75, 3.05) is 0 Å². The van der Waals surface area contributed by atoms with Crippen molar-refractivity contribution in [2.45, 2.75) is 44.7 Å². The molecule has 0 aromatic heterocycles. The van der Waals surface area contributed by atoms with Gasteiger partial charge in [0.25, 0.3) is 0 Å². The molecule has 0 heterocycles. The van der Waals surface area contributed by atoms with Crippen LogP contribution in [0.4, 0.5) is 13.2 Å². The van der Waals surface area contributed by atoms with E-state index in [1.807, 2.05) is 0 Å². The molecule has 0 saturated heterocycles. The van der Waals surface area contributed by atoms with Crippen LogP contribution in [0.15, 0.2) is 12.1 Å². The molecule has 1 fully saturated rings. The Hall–Kier alpha value is -1.03. The van der Waals surface area contributed by atoms with E-state index in [0.29, 0.717) is 18.2 Å². The lowest BCUT2D eigenvalue weighted by molar-refractivity contribution is 0.371. The molecule has 1 aromatic carbocycles. The first-order valence-corrected chi connectivity index (χ1v) is 6.03. The fraction of sp³-hybridized carbons (Fsp3) is 0.538. The molecule has 4 heteroatoms. The van der Waals surface area contributed by atoms with Crippen LogP contribution in [0, 0.1) is 17.5 Å². The number of halogens is 3. The molecule has 1 aliphatic carbocycles. The van der Waals surface area contributed by atoms with Gasteiger partial charge in [0.15, 0.2) is 17.5 Å². The van der Waals surface area contributed by atoms with E-state index in [1.54, 1.807) is 0 Å². The molecule has 2 rings (SSSR count). The molecule has 94 valence electrons. The number of hydrogen-bond acceptors (Lipinski definition) is 1. The van der Waals surface area contributed by atoms with Gasteiger partial charge in [0.1, 0.15) is 0 Å². The van der Waals surface area contributed by atoms with Crippen LogP contribution in [0.3, 0.4) is 0 Å². The maximum Gasteiger partial charge on any atom is 0.194 e. The Labute approximate surface area is 99.0 Å². The topological polar surface area (TPSA) is 12.0 Å². The number of rotatable bonds is 3. The summed E-state index contributed by atoms with van der Waals surface area (Å²) >= 11 is 0. The molecule has 1 aromatic rings. The van der Waals surface area contributed by atoms with Crippen molar-refractivity contribution in [3.63, 3.8) is 0 Å². The zero-order chi connectivity index (χ0) is 12.3. The first kappa shape index (κ1) is 12.4. The van der Waals surface area contributed by atoms with Crippen LogP contribution < -0.4 is 5.32 Å². The van der Waals surface area contributed by atoms with Crippen molar-refractivity contribution in [3.8, 4) is 0 Å². The summed E-state index contributed by atoms with van der Waals surface area (Å²) in [6.07, 6.45) is 5.86. The number of hydrogen-bond donors (Lipinski definition) is 1. The molecule has 0 spiro atoms. The van der Waals surface area contributed by atoms with Crippen LogP contribution in [0.5, 0.6) is 0 Å². The molecule has 1 N–H and O–H groups in total. The molecule has 1 saturated carbocycles. The molecule has 0 unspecified atom stereocenters. The quantitative estimate of drug-likeness (QED) is 0.801. The monoisotopic (exact) mass is 243 g/mol. The summed E-state index contributed by atoms with van der Waals surface area (Å²) in [5, 5.41) is 3.26. The summed E-state index contributed by atoms with van der Waals surface area (Å²) in [6.45, 7) is 0.388. The maximum absolute atomic E-state index is 13.0. The van der Waals surface area contributed by atoms with Gasteiger partial charge < -0.3 is 5.32 Å². The van der Waals surface area contributed by atoms with Gasteiger partial charge in [0.05, 0.1) is 0 Å². The predicted octanol–water partition coefficient (Wildman–Crippen LogP) is 3.53. The summed E-state index contributed by atoms with van der Waals surface area (Å²) in [7, 11) is 0. The average Bonchev–Trinajstić information content (AvgIpc) is 2.34. The van der Waals surface area contributed by atoms with Gasteiger partial charge in [-0.1, -0.05) is 19.3 Å². The summed E-state index contributed by atoms with van der Waals surface area (Å²) in [5.74, 6) is -3.64. The van der Waals surface area contributed by atoms with Gasteiger partial charge >= 0.3 is 0 Å². The molecular formula is C13H16F3N. The van der Waals surface area contributed by atoms with Crippen LogP contribution >= 0.6 is 0 Å². The first-order chi connectivity index (χ1) is 8.16. The van der Waals surface area contributed by atoms with Crippen molar-refractivity contribution in [2.24, 2.45) is 0 Å². The van der Waals surface area contributed by atoms with Crippen LogP contribution in [0.1, 0.15) is 37.7 Å². The van der Waals surface area contributed by atoms with Gasteiger partial charge in [-0.2, -0.15) is 0 Å². The lowest BCUT2D eigenvalue weighted by Crippen LogP contribution is -2.30. The van der Waals surface area contributed by atoms with E-state index >= 15 is 0 Å². The first-order valence-electron chi connectivity index (χ1n) is 6.03. The SMILES string of the molecule is Fc1cc(CNC2CCCCC2)cc(F)c1F. The van der Waals surface area contributed by atoms with Crippen LogP contribution in [-0.4, -0.2) is 6.04 Å². The Bertz CT molecular complexity index is 363. The van der Waals surface area contributed by atoms with Gasteiger partial charge in [0.2, 0.25) is 0 Å². The fourth-order valence-corrected chi connectivity index (χ4v) is 2.28. The number of nitrogens with one attached hydrogen (secondary N) is 1. The van der Waals surface area contributed by atoms with Gasteiger partial charge in [-0.15, -0.1) is 0 Å². The molecule has 1 nitrogen and oxygen atoms in total. The summed E-state index contributed by atoms with van der Waals surface area (Å²) in [4.78, 5) is 0. The van der Waals surface area contributed by atoms with Crippen LogP contribution in [0.2, 0.25) is 0 Å². The second-order valence-corrected chi connectivity index (χ2v) is 4.59. The smallest absolute Gasteiger partial charge is 0.194 e. The molecule has 17 heavy (non-hydrogen) atoms. The van der Waals surface area contributed by atoms with E-state index < -0.39 is 17.5 Å². The third-order valence-corrected chi connectivity index (χ3v) is 3.24. The largest absolute Gasteiger partial charge is 0.310 e. The normalized spacial score (nSPS) is 17.4. The number of benzene rings is 1. The Kier molecular flexibility index (Phi) is 4.05. The fourth-order valence-electron chi connectivity index (χ4n) is 2.28.